The Kier molecular flexibility index (Phi) is 69.3. The highest BCUT2D eigenvalue weighted by atomic mass is 31.2. The molecule has 0 saturated carbocycles. The van der Waals surface area contributed by atoms with Gasteiger partial charge in [0.05, 0.1) is 26.4 Å². The number of phosphoric acid groups is 2. The fraction of sp³-hybridized carbons (Fsp3) is 0.949. The monoisotopic (exact) mass is 1440 g/mol. The molecular weight excluding hydrogens is 1280 g/mol. The van der Waals surface area contributed by atoms with Crippen LogP contribution in [0.15, 0.2) is 0 Å². The lowest BCUT2D eigenvalue weighted by molar-refractivity contribution is -0.161. The maximum atomic E-state index is 13.1. The first-order valence-electron chi connectivity index (χ1n) is 41.0. The summed E-state index contributed by atoms with van der Waals surface area (Å²) < 4.78 is 68.6. The SMILES string of the molecule is CCCCCCCCCCCCCCCCCCCCCCCCC(=O)O[C@H](COC(=O)CCCCCCCCCCCCCCC(C)C)COP(=O)(O)OC[C@@H](O)COP(=O)(O)OC[C@@H](COC(=O)CCCCCCCCCC(C)C)OC(=O)CCCCCCCCCCCCC. The van der Waals surface area contributed by atoms with Crippen LogP contribution in [0.2, 0.25) is 0 Å². The lowest BCUT2D eigenvalue weighted by Gasteiger charge is -2.21. The Morgan fingerprint density at radius 1 is 0.276 bits per heavy atom. The number of unbranched alkanes of at least 4 members (excludes halogenated alkanes) is 48. The smallest absolute Gasteiger partial charge is 0.462 e. The normalized spacial score (nSPS) is 13.9. The number of aliphatic hydroxyl groups is 1. The molecule has 0 fully saturated rings. The summed E-state index contributed by atoms with van der Waals surface area (Å²) in [5.74, 6) is -0.627. The van der Waals surface area contributed by atoms with E-state index < -0.39 is 97.5 Å². The van der Waals surface area contributed by atoms with Crippen molar-refractivity contribution < 1.29 is 80.2 Å². The number of aliphatic hydroxyl groups excluding tert-OH is 1. The molecule has 0 saturated heterocycles. The van der Waals surface area contributed by atoms with E-state index in [4.69, 9.17) is 37.0 Å². The Morgan fingerprint density at radius 3 is 0.694 bits per heavy atom. The van der Waals surface area contributed by atoms with Crippen LogP contribution in [0.3, 0.4) is 0 Å². The summed E-state index contributed by atoms with van der Waals surface area (Å²) in [6.45, 7) is 9.56. The van der Waals surface area contributed by atoms with Crippen molar-refractivity contribution in [1.82, 2.24) is 0 Å². The molecule has 582 valence electrons. The molecule has 0 radical (unpaired) electrons. The number of hydrogen-bond donors (Lipinski definition) is 3. The van der Waals surface area contributed by atoms with Crippen molar-refractivity contribution in [2.75, 3.05) is 39.6 Å². The lowest BCUT2D eigenvalue weighted by atomic mass is 10.0. The van der Waals surface area contributed by atoms with Gasteiger partial charge in [-0.1, -0.05) is 363 Å². The number of carbonyl (C=O) groups is 4. The Bertz CT molecular complexity index is 1890. The minimum atomic E-state index is -4.96. The molecule has 0 amide bonds. The molecule has 0 aromatic rings. The summed E-state index contributed by atoms with van der Waals surface area (Å²) >= 11 is 0. The van der Waals surface area contributed by atoms with Crippen molar-refractivity contribution in [2.45, 2.75) is 432 Å². The Morgan fingerprint density at radius 2 is 0.469 bits per heavy atom. The van der Waals surface area contributed by atoms with Gasteiger partial charge in [-0.05, 0) is 37.5 Å². The molecule has 0 aliphatic carbocycles. The minimum Gasteiger partial charge on any atom is -0.462 e. The summed E-state index contributed by atoms with van der Waals surface area (Å²) in [6, 6.07) is 0. The Balaban J connectivity index is 5.19. The highest BCUT2D eigenvalue weighted by Crippen LogP contribution is 2.45. The first kappa shape index (κ1) is 96.1. The van der Waals surface area contributed by atoms with E-state index in [1.807, 2.05) is 0 Å². The quantitative estimate of drug-likeness (QED) is 0.0222. The number of ether oxygens (including phenoxy) is 4. The van der Waals surface area contributed by atoms with E-state index in [9.17, 15) is 43.2 Å². The van der Waals surface area contributed by atoms with Gasteiger partial charge in [0.1, 0.15) is 19.3 Å². The van der Waals surface area contributed by atoms with Crippen LogP contribution in [0.25, 0.3) is 0 Å². The second kappa shape index (κ2) is 70.7. The number of hydrogen-bond acceptors (Lipinski definition) is 15. The first-order chi connectivity index (χ1) is 47.4. The summed E-state index contributed by atoms with van der Waals surface area (Å²) in [7, 11) is -9.91. The van der Waals surface area contributed by atoms with Gasteiger partial charge in [0.15, 0.2) is 12.2 Å². The first-order valence-corrected chi connectivity index (χ1v) is 44.0. The molecule has 0 aromatic heterocycles. The highest BCUT2D eigenvalue weighted by molar-refractivity contribution is 7.47. The number of rotatable bonds is 78. The van der Waals surface area contributed by atoms with Crippen molar-refractivity contribution in [3.8, 4) is 0 Å². The van der Waals surface area contributed by atoms with Gasteiger partial charge in [-0.2, -0.15) is 0 Å². The van der Waals surface area contributed by atoms with E-state index >= 15 is 0 Å². The van der Waals surface area contributed by atoms with Gasteiger partial charge in [0.25, 0.3) is 0 Å². The average Bonchev–Trinajstić information content (AvgIpc) is 1.00. The van der Waals surface area contributed by atoms with Crippen LogP contribution in [0, 0.1) is 11.8 Å². The second-order valence-corrected chi connectivity index (χ2v) is 32.3. The van der Waals surface area contributed by atoms with Crippen LogP contribution in [0.5, 0.6) is 0 Å². The maximum Gasteiger partial charge on any atom is 0.472 e. The molecule has 5 atom stereocenters. The molecular formula is C79H154O17P2. The largest absolute Gasteiger partial charge is 0.472 e. The molecule has 3 N–H and O–H groups in total. The van der Waals surface area contributed by atoms with E-state index in [2.05, 4.69) is 41.5 Å². The lowest BCUT2D eigenvalue weighted by Crippen LogP contribution is -2.30. The van der Waals surface area contributed by atoms with Gasteiger partial charge in [-0.25, -0.2) is 9.13 Å². The van der Waals surface area contributed by atoms with Crippen LogP contribution in [0.4, 0.5) is 0 Å². The van der Waals surface area contributed by atoms with Gasteiger partial charge >= 0.3 is 39.5 Å². The van der Waals surface area contributed by atoms with Crippen molar-refractivity contribution >= 4 is 39.5 Å². The van der Waals surface area contributed by atoms with Crippen molar-refractivity contribution in [1.29, 1.82) is 0 Å². The Hall–Kier alpha value is -1.94. The fourth-order valence-electron chi connectivity index (χ4n) is 12.2. The van der Waals surface area contributed by atoms with Crippen LogP contribution in [-0.4, -0.2) is 96.7 Å². The van der Waals surface area contributed by atoms with E-state index in [0.717, 1.165) is 102 Å². The van der Waals surface area contributed by atoms with Crippen LogP contribution in [-0.2, 0) is 65.4 Å². The standard InChI is InChI=1S/C79H154O17P2/c1-7-9-11-13-15-17-19-20-21-22-23-24-25-26-27-28-29-35-39-45-52-58-64-79(84)95-74(67-89-76(81)61-55-49-43-37-34-31-30-33-36-41-47-53-59-71(3)4)69-93-97(85,86)91-65-73(80)66-92-98(87,88)94-70-75(68-90-77(82)62-56-50-46-40-42-48-54-60-72(5)6)96-78(83)63-57-51-44-38-32-18-16-14-12-10-8-2/h71-75,80H,7-70H2,1-6H3,(H,85,86)(H,87,88)/t73-,74-,75-/m1/s1. The maximum absolute atomic E-state index is 13.1. The van der Waals surface area contributed by atoms with Crippen LogP contribution >= 0.6 is 15.6 Å². The van der Waals surface area contributed by atoms with Gasteiger partial charge in [-0.3, -0.25) is 37.3 Å². The third kappa shape index (κ3) is 72.4. The summed E-state index contributed by atoms with van der Waals surface area (Å²) in [5, 5.41) is 10.6. The van der Waals surface area contributed by atoms with Crippen LogP contribution in [0.1, 0.15) is 414 Å². The molecule has 98 heavy (non-hydrogen) atoms. The van der Waals surface area contributed by atoms with E-state index in [1.165, 1.54) is 225 Å². The highest BCUT2D eigenvalue weighted by Gasteiger charge is 2.30. The molecule has 0 aromatic carbocycles. The third-order valence-electron chi connectivity index (χ3n) is 18.5. The molecule has 0 aliphatic heterocycles. The average molecular weight is 1440 g/mol. The zero-order chi connectivity index (χ0) is 72.1. The van der Waals surface area contributed by atoms with Crippen molar-refractivity contribution in [3.05, 3.63) is 0 Å². The van der Waals surface area contributed by atoms with E-state index in [-0.39, 0.29) is 25.7 Å². The molecule has 0 aliphatic rings. The minimum absolute atomic E-state index is 0.106. The molecule has 19 heteroatoms. The summed E-state index contributed by atoms with van der Waals surface area (Å²) in [6.07, 6.45) is 59.9. The van der Waals surface area contributed by atoms with E-state index in [0.29, 0.717) is 31.6 Å². The molecule has 0 spiro atoms. The van der Waals surface area contributed by atoms with Crippen molar-refractivity contribution in [2.24, 2.45) is 11.8 Å². The molecule has 17 nitrogen and oxygen atoms in total. The Labute approximate surface area is 600 Å². The van der Waals surface area contributed by atoms with Crippen molar-refractivity contribution in [3.63, 3.8) is 0 Å². The molecule has 0 rings (SSSR count). The van der Waals surface area contributed by atoms with Gasteiger partial charge in [-0.15, -0.1) is 0 Å². The molecule has 0 bridgehead atoms. The molecule has 2 unspecified atom stereocenters. The molecule has 0 heterocycles. The topological polar surface area (TPSA) is 237 Å². The van der Waals surface area contributed by atoms with Crippen LogP contribution < -0.4 is 0 Å². The summed E-state index contributed by atoms with van der Waals surface area (Å²) in [4.78, 5) is 72.9. The van der Waals surface area contributed by atoms with Gasteiger partial charge < -0.3 is 33.8 Å². The van der Waals surface area contributed by atoms with E-state index in [1.54, 1.807) is 0 Å². The second-order valence-electron chi connectivity index (χ2n) is 29.4. The number of phosphoric ester groups is 2. The van der Waals surface area contributed by atoms with Gasteiger partial charge in [0.2, 0.25) is 0 Å². The predicted molar refractivity (Wildman–Crippen MR) is 400 cm³/mol. The third-order valence-corrected chi connectivity index (χ3v) is 20.4. The number of esters is 4. The predicted octanol–water partition coefficient (Wildman–Crippen LogP) is 23.5. The number of carbonyl (C=O) groups excluding carboxylic acids is 4. The van der Waals surface area contributed by atoms with Gasteiger partial charge in [0, 0.05) is 25.7 Å². The zero-order valence-corrected chi connectivity index (χ0v) is 65.9. The summed E-state index contributed by atoms with van der Waals surface area (Å²) in [5.41, 5.74) is 0. The zero-order valence-electron chi connectivity index (χ0n) is 64.1. The fourth-order valence-corrected chi connectivity index (χ4v) is 13.8.